The molecular formula is C13H21N3. The van der Waals surface area contributed by atoms with E-state index in [9.17, 15) is 0 Å². The zero-order valence-electron chi connectivity index (χ0n) is 10.4. The van der Waals surface area contributed by atoms with E-state index in [1.54, 1.807) is 0 Å². The Hall–Kier alpha value is -1.22. The standard InChI is InChI=1S/C13H21N3/c1-11(14-2)10-16-9-8-15(3)12-6-4-5-7-13(12)16/h4-7,11,14H,8-10H2,1-3H3. The first-order valence-corrected chi connectivity index (χ1v) is 5.94. The lowest BCUT2D eigenvalue weighted by Crippen LogP contribution is -2.44. The fraction of sp³-hybridized carbons (Fsp3) is 0.538. The molecule has 3 nitrogen and oxygen atoms in total. The SMILES string of the molecule is CNC(C)CN1CCN(C)c2ccccc21. The predicted octanol–water partition coefficient (Wildman–Crippen LogP) is 1.55. The molecule has 0 saturated carbocycles. The third kappa shape index (κ3) is 2.14. The summed E-state index contributed by atoms with van der Waals surface area (Å²) in [6.45, 7) is 5.51. The molecule has 0 radical (unpaired) electrons. The molecule has 1 atom stereocenters. The van der Waals surface area contributed by atoms with Crippen LogP contribution in [0.3, 0.4) is 0 Å². The van der Waals surface area contributed by atoms with Crippen LogP contribution in [0.15, 0.2) is 24.3 Å². The molecule has 1 aromatic rings. The molecule has 1 N–H and O–H groups in total. The lowest BCUT2D eigenvalue weighted by atomic mass is 10.1. The van der Waals surface area contributed by atoms with Crippen molar-refractivity contribution in [2.24, 2.45) is 0 Å². The van der Waals surface area contributed by atoms with Crippen LogP contribution in [0.4, 0.5) is 11.4 Å². The van der Waals surface area contributed by atoms with Gasteiger partial charge in [0.05, 0.1) is 11.4 Å². The summed E-state index contributed by atoms with van der Waals surface area (Å²) in [6.07, 6.45) is 0. The van der Waals surface area contributed by atoms with Crippen molar-refractivity contribution in [2.45, 2.75) is 13.0 Å². The Bertz CT molecular complexity index is 351. The van der Waals surface area contributed by atoms with Gasteiger partial charge in [-0.05, 0) is 26.1 Å². The van der Waals surface area contributed by atoms with Gasteiger partial charge in [0.25, 0.3) is 0 Å². The van der Waals surface area contributed by atoms with E-state index < -0.39 is 0 Å². The Morgan fingerprint density at radius 2 is 1.94 bits per heavy atom. The van der Waals surface area contributed by atoms with Gasteiger partial charge in [0, 0.05) is 32.7 Å². The molecule has 0 bridgehead atoms. The smallest absolute Gasteiger partial charge is 0.0605 e. The van der Waals surface area contributed by atoms with E-state index in [1.165, 1.54) is 11.4 Å². The van der Waals surface area contributed by atoms with Crippen LogP contribution in [0, 0.1) is 0 Å². The van der Waals surface area contributed by atoms with Crippen molar-refractivity contribution in [3.63, 3.8) is 0 Å². The normalized spacial score (nSPS) is 17.2. The summed E-state index contributed by atoms with van der Waals surface area (Å²) in [5.74, 6) is 0. The van der Waals surface area contributed by atoms with Crippen LogP contribution in [-0.2, 0) is 0 Å². The second kappa shape index (κ2) is 4.74. The Labute approximate surface area is 98.0 Å². The number of anilines is 2. The van der Waals surface area contributed by atoms with Crippen molar-refractivity contribution in [1.29, 1.82) is 0 Å². The van der Waals surface area contributed by atoms with Crippen molar-refractivity contribution >= 4 is 11.4 Å². The highest BCUT2D eigenvalue weighted by Gasteiger charge is 2.20. The van der Waals surface area contributed by atoms with E-state index in [2.05, 4.69) is 53.4 Å². The molecule has 0 aromatic heterocycles. The molecule has 16 heavy (non-hydrogen) atoms. The minimum atomic E-state index is 0.525. The Balaban J connectivity index is 2.21. The van der Waals surface area contributed by atoms with E-state index in [0.29, 0.717) is 6.04 Å². The Morgan fingerprint density at radius 3 is 2.62 bits per heavy atom. The lowest BCUT2D eigenvalue weighted by Gasteiger charge is -2.38. The number of nitrogens with zero attached hydrogens (tertiary/aromatic N) is 2. The maximum Gasteiger partial charge on any atom is 0.0605 e. The van der Waals surface area contributed by atoms with E-state index in [0.717, 1.165) is 19.6 Å². The van der Waals surface area contributed by atoms with Gasteiger partial charge in [-0.1, -0.05) is 12.1 Å². The number of nitrogens with one attached hydrogen (secondary N) is 1. The predicted molar refractivity (Wildman–Crippen MR) is 70.4 cm³/mol. The van der Waals surface area contributed by atoms with Crippen molar-refractivity contribution in [2.75, 3.05) is 43.5 Å². The van der Waals surface area contributed by atoms with Crippen LogP contribution >= 0.6 is 0 Å². The third-order valence-corrected chi connectivity index (χ3v) is 3.33. The highest BCUT2D eigenvalue weighted by molar-refractivity contribution is 5.73. The first-order chi connectivity index (χ1) is 7.72. The summed E-state index contributed by atoms with van der Waals surface area (Å²) in [5, 5.41) is 3.30. The van der Waals surface area contributed by atoms with Crippen molar-refractivity contribution < 1.29 is 0 Å². The Morgan fingerprint density at radius 1 is 1.25 bits per heavy atom. The highest BCUT2D eigenvalue weighted by atomic mass is 15.3. The van der Waals surface area contributed by atoms with Crippen LogP contribution in [0.5, 0.6) is 0 Å². The maximum atomic E-state index is 3.30. The van der Waals surface area contributed by atoms with Gasteiger partial charge in [-0.15, -0.1) is 0 Å². The number of benzene rings is 1. The average molecular weight is 219 g/mol. The van der Waals surface area contributed by atoms with E-state index in [1.807, 2.05) is 7.05 Å². The summed E-state index contributed by atoms with van der Waals surface area (Å²) >= 11 is 0. The molecule has 1 heterocycles. The van der Waals surface area contributed by atoms with E-state index in [-0.39, 0.29) is 0 Å². The molecule has 0 saturated heterocycles. The second-order valence-corrected chi connectivity index (χ2v) is 4.55. The van der Waals surface area contributed by atoms with Crippen molar-refractivity contribution in [1.82, 2.24) is 5.32 Å². The molecule has 0 amide bonds. The first-order valence-electron chi connectivity index (χ1n) is 5.94. The van der Waals surface area contributed by atoms with Gasteiger partial charge in [-0.2, -0.15) is 0 Å². The zero-order chi connectivity index (χ0) is 11.5. The largest absolute Gasteiger partial charge is 0.371 e. The topological polar surface area (TPSA) is 18.5 Å². The number of rotatable bonds is 3. The number of hydrogen-bond donors (Lipinski definition) is 1. The summed E-state index contributed by atoms with van der Waals surface area (Å²) in [7, 11) is 4.18. The van der Waals surface area contributed by atoms with Crippen LogP contribution in [0.25, 0.3) is 0 Å². The molecule has 1 aliphatic rings. The van der Waals surface area contributed by atoms with Gasteiger partial charge in [0.1, 0.15) is 0 Å². The molecule has 1 aliphatic heterocycles. The fourth-order valence-corrected chi connectivity index (χ4v) is 2.18. The van der Waals surface area contributed by atoms with Crippen LogP contribution in [-0.4, -0.2) is 39.8 Å². The van der Waals surface area contributed by atoms with Gasteiger partial charge < -0.3 is 15.1 Å². The average Bonchev–Trinajstić information content (AvgIpc) is 2.33. The molecule has 88 valence electrons. The maximum absolute atomic E-state index is 3.30. The Kier molecular flexibility index (Phi) is 3.34. The molecule has 0 fully saturated rings. The van der Waals surface area contributed by atoms with Gasteiger partial charge in [-0.25, -0.2) is 0 Å². The molecule has 1 aromatic carbocycles. The van der Waals surface area contributed by atoms with Gasteiger partial charge >= 0.3 is 0 Å². The summed E-state index contributed by atoms with van der Waals surface area (Å²) < 4.78 is 0. The molecular weight excluding hydrogens is 198 g/mol. The van der Waals surface area contributed by atoms with Gasteiger partial charge in [0.2, 0.25) is 0 Å². The van der Waals surface area contributed by atoms with E-state index >= 15 is 0 Å². The summed E-state index contributed by atoms with van der Waals surface area (Å²) in [5.41, 5.74) is 2.70. The van der Waals surface area contributed by atoms with Gasteiger partial charge in [-0.3, -0.25) is 0 Å². The number of fused-ring (bicyclic) bond motifs is 1. The van der Waals surface area contributed by atoms with Crippen molar-refractivity contribution in [3.8, 4) is 0 Å². The number of likely N-dealkylation sites (N-methyl/N-ethyl adjacent to an activating group) is 2. The zero-order valence-corrected chi connectivity index (χ0v) is 10.4. The van der Waals surface area contributed by atoms with Crippen LogP contribution in [0.2, 0.25) is 0 Å². The highest BCUT2D eigenvalue weighted by Crippen LogP contribution is 2.31. The molecule has 1 unspecified atom stereocenters. The minimum Gasteiger partial charge on any atom is -0.371 e. The number of para-hydroxylation sites is 2. The summed E-state index contributed by atoms with van der Waals surface area (Å²) in [4.78, 5) is 4.80. The van der Waals surface area contributed by atoms with Gasteiger partial charge in [0.15, 0.2) is 0 Å². The number of hydrogen-bond acceptors (Lipinski definition) is 3. The lowest BCUT2D eigenvalue weighted by molar-refractivity contribution is 0.579. The summed E-state index contributed by atoms with van der Waals surface area (Å²) in [6, 6.07) is 9.17. The quantitative estimate of drug-likeness (QED) is 0.832. The van der Waals surface area contributed by atoms with E-state index in [4.69, 9.17) is 0 Å². The second-order valence-electron chi connectivity index (χ2n) is 4.55. The molecule has 0 spiro atoms. The molecule has 2 rings (SSSR count). The molecule has 0 aliphatic carbocycles. The first kappa shape index (κ1) is 11.3. The monoisotopic (exact) mass is 219 g/mol. The van der Waals surface area contributed by atoms with Crippen LogP contribution < -0.4 is 15.1 Å². The third-order valence-electron chi connectivity index (χ3n) is 3.33. The van der Waals surface area contributed by atoms with Crippen LogP contribution in [0.1, 0.15) is 6.92 Å². The molecule has 3 heteroatoms. The minimum absolute atomic E-state index is 0.525. The fourth-order valence-electron chi connectivity index (χ4n) is 2.18. The van der Waals surface area contributed by atoms with Crippen molar-refractivity contribution in [3.05, 3.63) is 24.3 Å².